The van der Waals surface area contributed by atoms with E-state index in [0.29, 0.717) is 17.7 Å². The number of amides is 1. The van der Waals surface area contributed by atoms with Gasteiger partial charge in [0.05, 0.1) is 25.3 Å². The Morgan fingerprint density at radius 2 is 1.88 bits per heavy atom. The summed E-state index contributed by atoms with van der Waals surface area (Å²) >= 11 is 0. The van der Waals surface area contributed by atoms with Crippen molar-refractivity contribution >= 4 is 16.1 Å². The molecule has 0 bridgehead atoms. The first-order valence-corrected chi connectivity index (χ1v) is 11.2. The molecule has 0 saturated carbocycles. The van der Waals surface area contributed by atoms with Crippen molar-refractivity contribution in [1.82, 2.24) is 24.9 Å². The van der Waals surface area contributed by atoms with Gasteiger partial charge in [0.1, 0.15) is 16.2 Å². The zero-order valence-corrected chi connectivity index (χ0v) is 19.3. The molecule has 0 aliphatic heterocycles. The van der Waals surface area contributed by atoms with Crippen LogP contribution in [-0.4, -0.2) is 47.4 Å². The molecule has 1 heterocycles. The van der Waals surface area contributed by atoms with Gasteiger partial charge in [0, 0.05) is 5.56 Å². The number of hydrogen-bond donors (Lipinski definition) is 1. The molecule has 1 amide bonds. The lowest BCUT2D eigenvalue weighted by Crippen LogP contribution is -2.36. The molecule has 33 heavy (non-hydrogen) atoms. The SMILES string of the molecule is COc1cc(-c2nnn(Cc3ccc(C#N)cc3)n2)ccc1S(=O)(=O)NC(=O)OC(C)(C)C. The number of nitriles is 1. The molecule has 172 valence electrons. The van der Waals surface area contributed by atoms with E-state index in [9.17, 15) is 13.2 Å². The summed E-state index contributed by atoms with van der Waals surface area (Å²) in [7, 11) is -2.94. The molecular weight excluding hydrogens is 448 g/mol. The Morgan fingerprint density at radius 1 is 1.18 bits per heavy atom. The molecule has 1 aromatic heterocycles. The Hall–Kier alpha value is -3.98. The molecule has 12 heteroatoms. The first-order chi connectivity index (χ1) is 15.5. The summed E-state index contributed by atoms with van der Waals surface area (Å²) in [4.78, 5) is 13.1. The normalized spacial score (nSPS) is 11.5. The van der Waals surface area contributed by atoms with E-state index in [2.05, 4.69) is 21.5 Å². The van der Waals surface area contributed by atoms with Crippen LogP contribution < -0.4 is 9.46 Å². The predicted molar refractivity (Wildman–Crippen MR) is 117 cm³/mol. The summed E-state index contributed by atoms with van der Waals surface area (Å²) in [5.74, 6) is 0.248. The standard InChI is InChI=1S/C21H22N6O5S/c1-21(2,3)32-20(28)25-33(29,30)18-10-9-16(11-17(18)31-4)19-23-26-27(24-19)13-15-7-5-14(12-22)6-8-15/h5-11H,13H2,1-4H3,(H,25,28). The van der Waals surface area contributed by atoms with Gasteiger partial charge in [0.25, 0.3) is 10.0 Å². The van der Waals surface area contributed by atoms with E-state index in [0.717, 1.165) is 5.56 Å². The van der Waals surface area contributed by atoms with Crippen LogP contribution in [0.5, 0.6) is 5.75 Å². The van der Waals surface area contributed by atoms with Crippen molar-refractivity contribution in [3.05, 3.63) is 53.6 Å². The van der Waals surface area contributed by atoms with Crippen LogP contribution in [0.2, 0.25) is 0 Å². The average Bonchev–Trinajstić information content (AvgIpc) is 3.20. The van der Waals surface area contributed by atoms with Crippen molar-refractivity contribution in [2.24, 2.45) is 0 Å². The van der Waals surface area contributed by atoms with Gasteiger partial charge in [-0.15, -0.1) is 10.2 Å². The van der Waals surface area contributed by atoms with E-state index in [1.807, 2.05) is 4.72 Å². The topological polar surface area (TPSA) is 149 Å². The molecule has 0 atom stereocenters. The number of rotatable bonds is 6. The number of carbonyl (C=O) groups is 1. The summed E-state index contributed by atoms with van der Waals surface area (Å²) in [6.07, 6.45) is -1.10. The van der Waals surface area contributed by atoms with Crippen molar-refractivity contribution in [2.75, 3.05) is 7.11 Å². The monoisotopic (exact) mass is 470 g/mol. The number of ether oxygens (including phenoxy) is 2. The largest absolute Gasteiger partial charge is 0.495 e. The zero-order valence-electron chi connectivity index (χ0n) is 18.4. The van der Waals surface area contributed by atoms with Crippen LogP contribution in [0.1, 0.15) is 31.9 Å². The number of hydrogen-bond acceptors (Lipinski definition) is 9. The second-order valence-corrected chi connectivity index (χ2v) is 9.58. The first kappa shape index (κ1) is 23.7. The Labute approximate surface area is 191 Å². The third-order valence-corrected chi connectivity index (χ3v) is 5.54. The van der Waals surface area contributed by atoms with Crippen LogP contribution in [0.4, 0.5) is 4.79 Å². The molecule has 0 radical (unpaired) electrons. The molecule has 2 aromatic carbocycles. The maximum atomic E-state index is 12.6. The Morgan fingerprint density at radius 3 is 2.48 bits per heavy atom. The fourth-order valence-electron chi connectivity index (χ4n) is 2.77. The van der Waals surface area contributed by atoms with Gasteiger partial charge in [-0.2, -0.15) is 10.1 Å². The number of sulfonamides is 1. The summed E-state index contributed by atoms with van der Waals surface area (Å²) in [6, 6.07) is 13.2. The molecule has 0 aliphatic carbocycles. The van der Waals surface area contributed by atoms with Crippen molar-refractivity contribution in [3.63, 3.8) is 0 Å². The lowest BCUT2D eigenvalue weighted by atomic mass is 10.1. The molecule has 3 rings (SSSR count). The molecule has 3 aromatic rings. The van der Waals surface area contributed by atoms with Crippen LogP contribution in [-0.2, 0) is 21.3 Å². The second-order valence-electron chi connectivity index (χ2n) is 7.93. The predicted octanol–water partition coefficient (Wildman–Crippen LogP) is 2.48. The molecule has 11 nitrogen and oxygen atoms in total. The minimum atomic E-state index is -4.25. The summed E-state index contributed by atoms with van der Waals surface area (Å²) in [5.41, 5.74) is 1.04. The number of nitrogens with one attached hydrogen (secondary N) is 1. The number of benzene rings is 2. The molecule has 0 spiro atoms. The summed E-state index contributed by atoms with van der Waals surface area (Å²) < 4.78 is 37.4. The number of carbonyl (C=O) groups excluding carboxylic acids is 1. The van der Waals surface area contributed by atoms with Crippen LogP contribution in [0.25, 0.3) is 11.4 Å². The molecule has 1 N–H and O–H groups in total. The highest BCUT2D eigenvalue weighted by molar-refractivity contribution is 7.90. The Balaban J connectivity index is 1.81. The molecule has 0 fully saturated rings. The fourth-order valence-corrected chi connectivity index (χ4v) is 3.79. The van der Waals surface area contributed by atoms with Crippen LogP contribution in [0.3, 0.4) is 0 Å². The van der Waals surface area contributed by atoms with Gasteiger partial charge < -0.3 is 9.47 Å². The molecule has 0 saturated heterocycles. The Bertz CT molecular complexity index is 1300. The molecule has 0 aliphatic rings. The maximum absolute atomic E-state index is 12.6. The van der Waals surface area contributed by atoms with Crippen molar-refractivity contribution in [3.8, 4) is 23.2 Å². The van der Waals surface area contributed by atoms with Crippen LogP contribution >= 0.6 is 0 Å². The van der Waals surface area contributed by atoms with Gasteiger partial charge >= 0.3 is 6.09 Å². The highest BCUT2D eigenvalue weighted by Crippen LogP contribution is 2.28. The highest BCUT2D eigenvalue weighted by Gasteiger charge is 2.26. The smallest absolute Gasteiger partial charge is 0.421 e. The second kappa shape index (κ2) is 9.25. The minimum absolute atomic E-state index is 0.00741. The van der Waals surface area contributed by atoms with Gasteiger partial charge in [-0.25, -0.2) is 17.9 Å². The number of tetrazole rings is 1. The van der Waals surface area contributed by atoms with Gasteiger partial charge in [0.15, 0.2) is 0 Å². The third-order valence-electron chi connectivity index (χ3n) is 4.19. The number of methoxy groups -OCH3 is 1. The third kappa shape index (κ3) is 6.05. The van der Waals surface area contributed by atoms with E-state index >= 15 is 0 Å². The molecule has 0 unspecified atom stereocenters. The van der Waals surface area contributed by atoms with Crippen molar-refractivity contribution < 1.29 is 22.7 Å². The minimum Gasteiger partial charge on any atom is -0.495 e. The maximum Gasteiger partial charge on any atom is 0.421 e. The van der Waals surface area contributed by atoms with E-state index in [-0.39, 0.29) is 16.5 Å². The van der Waals surface area contributed by atoms with Gasteiger partial charge in [-0.3, -0.25) is 0 Å². The van der Waals surface area contributed by atoms with Crippen molar-refractivity contribution in [2.45, 2.75) is 37.8 Å². The van der Waals surface area contributed by atoms with E-state index in [4.69, 9.17) is 14.7 Å². The lowest BCUT2D eigenvalue weighted by molar-refractivity contribution is 0.0570. The number of aromatic nitrogens is 4. The van der Waals surface area contributed by atoms with E-state index < -0.39 is 21.7 Å². The van der Waals surface area contributed by atoms with Gasteiger partial charge in [-0.05, 0) is 61.9 Å². The zero-order chi connectivity index (χ0) is 24.2. The first-order valence-electron chi connectivity index (χ1n) is 9.72. The van der Waals surface area contributed by atoms with Crippen molar-refractivity contribution in [1.29, 1.82) is 5.26 Å². The average molecular weight is 471 g/mol. The summed E-state index contributed by atoms with van der Waals surface area (Å²) in [5, 5.41) is 21.2. The number of nitrogens with zero attached hydrogens (tertiary/aromatic N) is 5. The van der Waals surface area contributed by atoms with E-state index in [1.165, 1.54) is 30.1 Å². The van der Waals surface area contributed by atoms with Gasteiger partial charge in [-0.1, -0.05) is 12.1 Å². The fraction of sp³-hybridized carbons (Fsp3) is 0.286. The van der Waals surface area contributed by atoms with E-state index in [1.54, 1.807) is 45.0 Å². The lowest BCUT2D eigenvalue weighted by Gasteiger charge is -2.20. The van der Waals surface area contributed by atoms with Gasteiger partial charge in [0.2, 0.25) is 5.82 Å². The van der Waals surface area contributed by atoms with Crippen LogP contribution in [0, 0.1) is 11.3 Å². The Kier molecular flexibility index (Phi) is 6.64. The quantitative estimate of drug-likeness (QED) is 0.573. The summed E-state index contributed by atoms with van der Waals surface area (Å²) in [6.45, 7) is 5.20. The van der Waals surface area contributed by atoms with Crippen LogP contribution in [0.15, 0.2) is 47.4 Å². The molecular formula is C21H22N6O5S. The highest BCUT2D eigenvalue weighted by atomic mass is 32.2.